The van der Waals surface area contributed by atoms with Crippen LogP contribution in [0.2, 0.25) is 0 Å². The minimum Gasteiger partial charge on any atom is -0.493 e. The molecule has 1 N–H and O–H groups in total. The zero-order chi connectivity index (χ0) is 18.8. The van der Waals surface area contributed by atoms with E-state index in [0.29, 0.717) is 24.6 Å². The Balaban J connectivity index is 1.52. The summed E-state index contributed by atoms with van der Waals surface area (Å²) in [5, 5.41) is 10.1. The second kappa shape index (κ2) is 7.27. The van der Waals surface area contributed by atoms with Crippen LogP contribution in [-0.2, 0) is 13.1 Å². The van der Waals surface area contributed by atoms with E-state index >= 15 is 0 Å². The summed E-state index contributed by atoms with van der Waals surface area (Å²) in [4.78, 5) is 23.5. The molecule has 0 aliphatic heterocycles. The average Bonchev–Trinajstić information content (AvgIpc) is 2.92. The Morgan fingerprint density at radius 1 is 1.07 bits per heavy atom. The highest BCUT2D eigenvalue weighted by molar-refractivity contribution is 5.78. The highest BCUT2D eigenvalue weighted by atomic mass is 16.3. The van der Waals surface area contributed by atoms with Crippen LogP contribution in [0.25, 0.3) is 11.1 Å². The molecular formula is C22H22N2O3. The quantitative estimate of drug-likeness (QED) is 0.680. The molecule has 0 bridgehead atoms. The number of aromatic nitrogens is 2. The Morgan fingerprint density at radius 2 is 1.85 bits per heavy atom. The van der Waals surface area contributed by atoms with Gasteiger partial charge in [0.05, 0.1) is 12.7 Å². The minimum absolute atomic E-state index is 0.0363. The summed E-state index contributed by atoms with van der Waals surface area (Å²) >= 11 is 0. The lowest BCUT2D eigenvalue weighted by molar-refractivity contribution is 0.112. The molecule has 3 aromatic rings. The van der Waals surface area contributed by atoms with Crippen molar-refractivity contribution < 1.29 is 9.90 Å². The molecule has 1 heterocycles. The first-order chi connectivity index (χ1) is 13.1. The molecule has 2 aromatic carbocycles. The second-order valence-corrected chi connectivity index (χ2v) is 7.25. The molecule has 4 rings (SSSR count). The van der Waals surface area contributed by atoms with E-state index in [1.807, 2.05) is 42.5 Å². The fraction of sp³-hybridized carbons (Fsp3) is 0.273. The lowest BCUT2D eigenvalue weighted by Gasteiger charge is -2.25. The highest BCUT2D eigenvalue weighted by Crippen LogP contribution is 2.28. The fourth-order valence-electron chi connectivity index (χ4n) is 3.53. The van der Waals surface area contributed by atoms with E-state index in [9.17, 15) is 14.7 Å². The SMILES string of the molecule is O=Cc1cccc(-c2ccc(Cn3cc(O)n(CC4CCC4)c3=O)cc2)c1. The molecule has 5 nitrogen and oxygen atoms in total. The van der Waals surface area contributed by atoms with Crippen molar-refractivity contribution in [1.29, 1.82) is 0 Å². The van der Waals surface area contributed by atoms with Crippen LogP contribution in [-0.4, -0.2) is 20.5 Å². The number of carbonyl (C=O) groups excluding carboxylic acids is 1. The van der Waals surface area contributed by atoms with Gasteiger partial charge in [-0.05, 0) is 41.5 Å². The highest BCUT2D eigenvalue weighted by Gasteiger charge is 2.21. The molecule has 0 saturated heterocycles. The van der Waals surface area contributed by atoms with Gasteiger partial charge in [0.15, 0.2) is 0 Å². The minimum atomic E-state index is -0.165. The number of carbonyl (C=O) groups is 1. The summed E-state index contributed by atoms with van der Waals surface area (Å²) in [5.41, 5.74) is 3.45. The lowest BCUT2D eigenvalue weighted by Crippen LogP contribution is -2.29. The van der Waals surface area contributed by atoms with E-state index in [0.717, 1.165) is 35.8 Å². The molecule has 0 radical (unpaired) electrons. The van der Waals surface area contributed by atoms with Crippen LogP contribution in [0.5, 0.6) is 5.88 Å². The van der Waals surface area contributed by atoms with Crippen LogP contribution in [0.1, 0.15) is 35.2 Å². The Kier molecular flexibility index (Phi) is 4.67. The standard InChI is InChI=1S/C22H22N2O3/c25-15-18-5-2-6-20(11-18)19-9-7-17(8-10-19)12-23-14-21(26)24(22(23)27)13-16-3-1-4-16/h2,5-11,14-16,26H,1,3-4,12-13H2. The molecule has 0 atom stereocenters. The first-order valence-electron chi connectivity index (χ1n) is 9.27. The van der Waals surface area contributed by atoms with Crippen LogP contribution < -0.4 is 5.69 Å². The van der Waals surface area contributed by atoms with E-state index in [1.165, 1.54) is 17.2 Å². The van der Waals surface area contributed by atoms with E-state index in [1.54, 1.807) is 10.6 Å². The zero-order valence-corrected chi connectivity index (χ0v) is 15.0. The van der Waals surface area contributed by atoms with Crippen molar-refractivity contribution in [3.05, 3.63) is 76.3 Å². The van der Waals surface area contributed by atoms with Gasteiger partial charge in [-0.1, -0.05) is 48.9 Å². The van der Waals surface area contributed by atoms with Crippen molar-refractivity contribution in [2.75, 3.05) is 0 Å². The van der Waals surface area contributed by atoms with Gasteiger partial charge in [0, 0.05) is 12.1 Å². The summed E-state index contributed by atoms with van der Waals surface area (Å²) in [5.74, 6) is 0.542. The van der Waals surface area contributed by atoms with Gasteiger partial charge >= 0.3 is 5.69 Å². The van der Waals surface area contributed by atoms with Gasteiger partial charge in [0.25, 0.3) is 0 Å². The normalized spacial score (nSPS) is 14.1. The van der Waals surface area contributed by atoms with Crippen LogP contribution in [0, 0.1) is 5.92 Å². The van der Waals surface area contributed by atoms with Crippen LogP contribution in [0.15, 0.2) is 59.5 Å². The maximum Gasteiger partial charge on any atom is 0.331 e. The van der Waals surface area contributed by atoms with Crippen molar-refractivity contribution in [1.82, 2.24) is 9.13 Å². The zero-order valence-electron chi connectivity index (χ0n) is 15.0. The van der Waals surface area contributed by atoms with Gasteiger partial charge in [0.2, 0.25) is 5.88 Å². The monoisotopic (exact) mass is 362 g/mol. The summed E-state index contributed by atoms with van der Waals surface area (Å²) in [6.07, 6.45) is 5.82. The fourth-order valence-corrected chi connectivity index (χ4v) is 3.53. The van der Waals surface area contributed by atoms with Gasteiger partial charge in [-0.2, -0.15) is 0 Å². The van der Waals surface area contributed by atoms with Crippen LogP contribution >= 0.6 is 0 Å². The summed E-state index contributed by atoms with van der Waals surface area (Å²) in [6.45, 7) is 1.02. The van der Waals surface area contributed by atoms with Crippen LogP contribution in [0.3, 0.4) is 0 Å². The Morgan fingerprint density at radius 3 is 2.52 bits per heavy atom. The third-order valence-electron chi connectivity index (χ3n) is 5.35. The van der Waals surface area contributed by atoms with Gasteiger partial charge in [-0.15, -0.1) is 0 Å². The van der Waals surface area contributed by atoms with E-state index in [2.05, 4.69) is 0 Å². The molecule has 1 aromatic heterocycles. The Hall–Kier alpha value is -3.08. The number of aromatic hydroxyl groups is 1. The number of hydrogen-bond donors (Lipinski definition) is 1. The van der Waals surface area contributed by atoms with E-state index < -0.39 is 0 Å². The summed E-state index contributed by atoms with van der Waals surface area (Å²) < 4.78 is 3.03. The van der Waals surface area contributed by atoms with Crippen molar-refractivity contribution in [3.63, 3.8) is 0 Å². The molecule has 1 aliphatic carbocycles. The average molecular weight is 362 g/mol. The number of benzene rings is 2. The van der Waals surface area contributed by atoms with Crippen LogP contribution in [0.4, 0.5) is 0 Å². The molecule has 1 fully saturated rings. The topological polar surface area (TPSA) is 64.2 Å². The molecular weight excluding hydrogens is 340 g/mol. The molecule has 5 heteroatoms. The van der Waals surface area contributed by atoms with E-state index in [4.69, 9.17) is 0 Å². The van der Waals surface area contributed by atoms with E-state index in [-0.39, 0.29) is 11.6 Å². The lowest BCUT2D eigenvalue weighted by atomic mass is 9.85. The number of rotatable bonds is 6. The Bertz CT molecular complexity index is 1010. The predicted octanol–water partition coefficient (Wildman–Crippen LogP) is 3.68. The first-order valence-corrected chi connectivity index (χ1v) is 9.27. The molecule has 138 valence electrons. The second-order valence-electron chi connectivity index (χ2n) is 7.25. The molecule has 0 amide bonds. The number of hydrogen-bond acceptors (Lipinski definition) is 3. The summed E-state index contributed by atoms with van der Waals surface area (Å²) in [6, 6.07) is 15.4. The third-order valence-corrected chi connectivity index (χ3v) is 5.35. The third kappa shape index (κ3) is 3.58. The van der Waals surface area contributed by atoms with Crippen molar-refractivity contribution in [3.8, 4) is 17.0 Å². The smallest absolute Gasteiger partial charge is 0.331 e. The van der Waals surface area contributed by atoms with Crippen molar-refractivity contribution >= 4 is 6.29 Å². The van der Waals surface area contributed by atoms with Gasteiger partial charge in [-0.3, -0.25) is 13.9 Å². The Labute approximate surface area is 157 Å². The number of imidazole rings is 1. The molecule has 0 unspecified atom stereocenters. The molecule has 1 saturated carbocycles. The largest absolute Gasteiger partial charge is 0.493 e. The maximum absolute atomic E-state index is 12.6. The molecule has 0 spiro atoms. The van der Waals surface area contributed by atoms with Crippen molar-refractivity contribution in [2.45, 2.75) is 32.4 Å². The first kappa shape index (κ1) is 17.3. The predicted molar refractivity (Wildman–Crippen MR) is 104 cm³/mol. The van der Waals surface area contributed by atoms with Gasteiger partial charge in [0.1, 0.15) is 6.29 Å². The van der Waals surface area contributed by atoms with Gasteiger partial charge in [-0.25, -0.2) is 4.79 Å². The summed E-state index contributed by atoms with van der Waals surface area (Å²) in [7, 11) is 0. The number of aldehydes is 1. The molecule has 1 aliphatic rings. The van der Waals surface area contributed by atoms with Crippen molar-refractivity contribution in [2.24, 2.45) is 5.92 Å². The molecule has 27 heavy (non-hydrogen) atoms. The maximum atomic E-state index is 12.6. The number of nitrogens with zero attached hydrogens (tertiary/aromatic N) is 2. The van der Waals surface area contributed by atoms with Gasteiger partial charge < -0.3 is 5.11 Å².